The highest BCUT2D eigenvalue weighted by Gasteiger charge is 2.30. The largest absolute Gasteiger partial charge is 0.496 e. The summed E-state index contributed by atoms with van der Waals surface area (Å²) < 4.78 is 7.10. The summed E-state index contributed by atoms with van der Waals surface area (Å²) in [6.07, 6.45) is 3.05. The number of hydrogen-bond acceptors (Lipinski definition) is 5. The standard InChI is InChI=1S/C21H19ClN4O3/c1-28-19-5-3-2-4-17(19)18-10-20(29-25-18)21(27)24-16-8-6-14(7-9-16)12-26-13-15(22)11-23-26/h2-9,11,13,20H,10,12H2,1H3,(H,24,27). The lowest BCUT2D eigenvalue weighted by atomic mass is 10.0. The third-order valence-corrected chi connectivity index (χ3v) is 4.74. The van der Waals surface area contributed by atoms with Crippen molar-refractivity contribution in [2.45, 2.75) is 19.1 Å². The second-order valence-corrected chi connectivity index (χ2v) is 7.02. The average Bonchev–Trinajstić information content (AvgIpc) is 3.39. The van der Waals surface area contributed by atoms with Crippen LogP contribution in [0.1, 0.15) is 17.5 Å². The molecule has 1 atom stereocenters. The van der Waals surface area contributed by atoms with Crippen molar-refractivity contribution in [1.82, 2.24) is 9.78 Å². The van der Waals surface area contributed by atoms with Crippen LogP contribution in [0.4, 0.5) is 5.69 Å². The van der Waals surface area contributed by atoms with Gasteiger partial charge in [0.15, 0.2) is 0 Å². The van der Waals surface area contributed by atoms with Crippen LogP contribution in [0.25, 0.3) is 0 Å². The fraction of sp³-hybridized carbons (Fsp3) is 0.190. The zero-order valence-electron chi connectivity index (χ0n) is 15.7. The second-order valence-electron chi connectivity index (χ2n) is 6.58. The van der Waals surface area contributed by atoms with Crippen molar-refractivity contribution in [3.05, 3.63) is 77.1 Å². The number of nitrogens with one attached hydrogen (secondary N) is 1. The van der Waals surface area contributed by atoms with Gasteiger partial charge in [-0.2, -0.15) is 5.10 Å². The maximum atomic E-state index is 12.6. The quantitative estimate of drug-likeness (QED) is 0.671. The second kappa shape index (κ2) is 8.36. The van der Waals surface area contributed by atoms with Gasteiger partial charge in [0.2, 0.25) is 6.10 Å². The molecule has 29 heavy (non-hydrogen) atoms. The van der Waals surface area contributed by atoms with Gasteiger partial charge in [0.25, 0.3) is 5.91 Å². The van der Waals surface area contributed by atoms with Gasteiger partial charge in [0.1, 0.15) is 5.75 Å². The summed E-state index contributed by atoms with van der Waals surface area (Å²) in [6, 6.07) is 15.1. The topological polar surface area (TPSA) is 77.7 Å². The van der Waals surface area contributed by atoms with Crippen molar-refractivity contribution < 1.29 is 14.4 Å². The number of rotatable bonds is 6. The number of aromatic nitrogens is 2. The van der Waals surface area contributed by atoms with Gasteiger partial charge in [-0.15, -0.1) is 0 Å². The van der Waals surface area contributed by atoms with Crippen molar-refractivity contribution in [2.75, 3.05) is 12.4 Å². The van der Waals surface area contributed by atoms with E-state index in [2.05, 4.69) is 15.6 Å². The molecule has 3 aromatic rings. The van der Waals surface area contributed by atoms with Crippen LogP contribution in [0.2, 0.25) is 5.02 Å². The number of oxime groups is 1. The Bertz CT molecular complexity index is 1050. The number of ether oxygens (including phenoxy) is 1. The van der Waals surface area contributed by atoms with Crippen LogP contribution in [-0.2, 0) is 16.2 Å². The Morgan fingerprint density at radius 2 is 2.07 bits per heavy atom. The average molecular weight is 411 g/mol. The highest BCUT2D eigenvalue weighted by atomic mass is 35.5. The number of nitrogens with zero attached hydrogens (tertiary/aromatic N) is 3. The molecule has 1 amide bonds. The van der Waals surface area contributed by atoms with Gasteiger partial charge in [0, 0.05) is 23.9 Å². The lowest BCUT2D eigenvalue weighted by molar-refractivity contribution is -0.125. The van der Waals surface area contributed by atoms with Crippen molar-refractivity contribution >= 4 is 28.9 Å². The molecule has 0 aliphatic carbocycles. The van der Waals surface area contributed by atoms with Crippen molar-refractivity contribution in [2.24, 2.45) is 5.16 Å². The molecule has 1 aliphatic rings. The minimum absolute atomic E-state index is 0.245. The van der Waals surface area contributed by atoms with E-state index in [4.69, 9.17) is 21.2 Å². The molecule has 1 unspecified atom stereocenters. The molecule has 0 radical (unpaired) electrons. The molecule has 1 N–H and O–H groups in total. The fourth-order valence-electron chi connectivity index (χ4n) is 3.09. The highest BCUT2D eigenvalue weighted by molar-refractivity contribution is 6.30. The zero-order chi connectivity index (χ0) is 20.2. The number of anilines is 1. The molecule has 0 saturated heterocycles. The first kappa shape index (κ1) is 19.0. The first-order valence-electron chi connectivity index (χ1n) is 9.06. The summed E-state index contributed by atoms with van der Waals surface area (Å²) in [5.41, 5.74) is 3.25. The lowest BCUT2D eigenvalue weighted by Gasteiger charge is -2.10. The van der Waals surface area contributed by atoms with Gasteiger partial charge >= 0.3 is 0 Å². The van der Waals surface area contributed by atoms with E-state index in [0.717, 1.165) is 11.1 Å². The van der Waals surface area contributed by atoms with E-state index in [1.165, 1.54) is 0 Å². The normalized spacial score (nSPS) is 15.5. The van der Waals surface area contributed by atoms with Crippen LogP contribution in [0, 0.1) is 0 Å². The molecule has 0 saturated carbocycles. The summed E-state index contributed by atoms with van der Waals surface area (Å²) >= 11 is 5.88. The smallest absolute Gasteiger partial charge is 0.268 e. The number of benzene rings is 2. The van der Waals surface area contributed by atoms with Crippen molar-refractivity contribution in [3.8, 4) is 5.75 Å². The third kappa shape index (κ3) is 4.41. The van der Waals surface area contributed by atoms with E-state index in [0.29, 0.717) is 35.1 Å². The number of amides is 1. The van der Waals surface area contributed by atoms with Gasteiger partial charge in [0.05, 0.1) is 30.6 Å². The Kier molecular flexibility index (Phi) is 5.48. The van der Waals surface area contributed by atoms with Gasteiger partial charge < -0.3 is 14.9 Å². The highest BCUT2D eigenvalue weighted by Crippen LogP contribution is 2.25. The fourth-order valence-corrected chi connectivity index (χ4v) is 3.24. The predicted octanol–water partition coefficient (Wildman–Crippen LogP) is 3.73. The molecule has 0 bridgehead atoms. The molecule has 2 aromatic carbocycles. The van der Waals surface area contributed by atoms with Crippen molar-refractivity contribution in [3.63, 3.8) is 0 Å². The molecule has 0 spiro atoms. The molecular formula is C21H19ClN4O3. The van der Waals surface area contributed by atoms with Crippen LogP contribution in [0.15, 0.2) is 66.1 Å². The Morgan fingerprint density at radius 1 is 1.28 bits per heavy atom. The Morgan fingerprint density at radius 3 is 2.79 bits per heavy atom. The number of carbonyl (C=O) groups excluding carboxylic acids is 1. The summed E-state index contributed by atoms with van der Waals surface area (Å²) in [5.74, 6) is 0.454. The molecule has 1 aromatic heterocycles. The van der Waals surface area contributed by atoms with Crippen LogP contribution in [-0.4, -0.2) is 34.6 Å². The van der Waals surface area contributed by atoms with E-state index in [9.17, 15) is 4.79 Å². The van der Waals surface area contributed by atoms with Gasteiger partial charge in [-0.05, 0) is 29.8 Å². The number of halogens is 1. The number of methoxy groups -OCH3 is 1. The van der Waals surface area contributed by atoms with Crippen LogP contribution in [0.5, 0.6) is 5.75 Å². The predicted molar refractivity (Wildman–Crippen MR) is 110 cm³/mol. The van der Waals surface area contributed by atoms with Crippen LogP contribution < -0.4 is 10.1 Å². The first-order chi connectivity index (χ1) is 14.1. The SMILES string of the molecule is COc1ccccc1C1=NOC(C(=O)Nc2ccc(Cn3cc(Cl)cn3)cc2)C1. The number of para-hydroxylation sites is 1. The molecule has 4 rings (SSSR count). The summed E-state index contributed by atoms with van der Waals surface area (Å²) in [6.45, 7) is 0.600. The third-order valence-electron chi connectivity index (χ3n) is 4.55. The summed E-state index contributed by atoms with van der Waals surface area (Å²) in [7, 11) is 1.60. The van der Waals surface area contributed by atoms with Gasteiger partial charge in [-0.3, -0.25) is 9.48 Å². The van der Waals surface area contributed by atoms with Crippen LogP contribution in [0.3, 0.4) is 0 Å². The van der Waals surface area contributed by atoms with Crippen LogP contribution >= 0.6 is 11.6 Å². The molecule has 148 valence electrons. The Labute approximate surface area is 172 Å². The van der Waals surface area contributed by atoms with E-state index < -0.39 is 6.10 Å². The molecular weight excluding hydrogens is 392 g/mol. The maximum Gasteiger partial charge on any atom is 0.268 e. The summed E-state index contributed by atoms with van der Waals surface area (Å²) in [4.78, 5) is 17.9. The minimum Gasteiger partial charge on any atom is -0.496 e. The van der Waals surface area contributed by atoms with E-state index >= 15 is 0 Å². The van der Waals surface area contributed by atoms with Gasteiger partial charge in [-0.25, -0.2) is 0 Å². The Balaban J connectivity index is 1.35. The molecule has 2 heterocycles. The number of carbonyl (C=O) groups is 1. The first-order valence-corrected chi connectivity index (χ1v) is 9.44. The van der Waals surface area contributed by atoms with E-state index in [-0.39, 0.29) is 5.91 Å². The van der Waals surface area contributed by atoms with Crippen molar-refractivity contribution in [1.29, 1.82) is 0 Å². The molecule has 7 nitrogen and oxygen atoms in total. The van der Waals surface area contributed by atoms with E-state index in [1.807, 2.05) is 48.5 Å². The molecule has 1 aliphatic heterocycles. The number of hydrogen-bond donors (Lipinski definition) is 1. The maximum absolute atomic E-state index is 12.6. The molecule has 0 fully saturated rings. The van der Waals surface area contributed by atoms with E-state index in [1.54, 1.807) is 24.2 Å². The molecule has 8 heteroatoms. The van der Waals surface area contributed by atoms with Gasteiger partial charge in [-0.1, -0.05) is 41.0 Å². The monoisotopic (exact) mass is 410 g/mol. The lowest BCUT2D eigenvalue weighted by Crippen LogP contribution is -2.28. The summed E-state index contributed by atoms with van der Waals surface area (Å²) in [5, 5.41) is 11.7. The zero-order valence-corrected chi connectivity index (χ0v) is 16.5. The Hall–Kier alpha value is -3.32. The minimum atomic E-state index is -0.680.